The zero-order valence-corrected chi connectivity index (χ0v) is 15.7. The fourth-order valence-corrected chi connectivity index (χ4v) is 2.82. The van der Waals surface area contributed by atoms with Gasteiger partial charge in [-0.2, -0.15) is 9.78 Å². The van der Waals surface area contributed by atoms with Crippen molar-refractivity contribution >= 4 is 39.2 Å². The molecule has 2 N–H and O–H groups in total. The van der Waals surface area contributed by atoms with E-state index in [0.717, 1.165) is 6.07 Å². The minimum atomic E-state index is -0.579. The Morgan fingerprint density at radius 1 is 1.31 bits per heavy atom. The molecule has 0 saturated carbocycles. The van der Waals surface area contributed by atoms with Crippen LogP contribution in [0.25, 0.3) is 5.95 Å². The molecule has 0 aliphatic heterocycles. The first kappa shape index (κ1) is 18.2. The van der Waals surface area contributed by atoms with Crippen molar-refractivity contribution in [1.29, 1.82) is 0 Å². The lowest BCUT2D eigenvalue weighted by Gasteiger charge is -2.15. The zero-order chi connectivity index (χ0) is 18.7. The molecule has 11 heteroatoms. The number of aromatic nitrogens is 5. The van der Waals surface area contributed by atoms with Crippen molar-refractivity contribution in [2.45, 2.75) is 13.0 Å². The van der Waals surface area contributed by atoms with Crippen LogP contribution in [0, 0.1) is 5.82 Å². The first-order chi connectivity index (χ1) is 12.5. The molecule has 0 aliphatic carbocycles. The number of benzene rings is 1. The Balaban J connectivity index is 1.73. The van der Waals surface area contributed by atoms with Crippen LogP contribution in [0.5, 0.6) is 0 Å². The van der Waals surface area contributed by atoms with Crippen LogP contribution in [0.4, 0.5) is 14.9 Å². The van der Waals surface area contributed by atoms with Crippen LogP contribution in [0.1, 0.15) is 18.8 Å². The molecule has 2 heterocycles. The molecule has 0 aliphatic rings. The summed E-state index contributed by atoms with van der Waals surface area (Å²) in [6.07, 6.45) is 4.48. The van der Waals surface area contributed by atoms with Gasteiger partial charge in [-0.1, -0.05) is 11.6 Å². The van der Waals surface area contributed by atoms with E-state index in [1.165, 1.54) is 17.1 Å². The molecular weight excluding hydrogens is 429 g/mol. The maximum absolute atomic E-state index is 13.6. The second-order valence-electron chi connectivity index (χ2n) is 5.15. The summed E-state index contributed by atoms with van der Waals surface area (Å²) >= 11 is 9.03. The minimum absolute atomic E-state index is 0.143. The maximum atomic E-state index is 13.6. The number of hydrogen-bond acceptors (Lipinski definition) is 5. The SMILES string of the molecule is CC(NC(=O)Nc1cc(F)c(Br)cc1Cl)c1ncnn1-c1ncccn1. The minimum Gasteiger partial charge on any atom is -0.328 e. The molecule has 0 spiro atoms. The Morgan fingerprint density at radius 3 is 2.77 bits per heavy atom. The van der Waals surface area contributed by atoms with Crippen LogP contribution in [0.15, 0.2) is 41.4 Å². The molecule has 26 heavy (non-hydrogen) atoms. The van der Waals surface area contributed by atoms with Crippen LogP contribution in [-0.4, -0.2) is 30.8 Å². The summed E-state index contributed by atoms with van der Waals surface area (Å²) in [7, 11) is 0. The van der Waals surface area contributed by atoms with E-state index in [1.807, 2.05) is 0 Å². The molecule has 0 radical (unpaired) electrons. The quantitative estimate of drug-likeness (QED) is 0.605. The van der Waals surface area contributed by atoms with Gasteiger partial charge >= 0.3 is 6.03 Å². The van der Waals surface area contributed by atoms with Crippen LogP contribution in [0.3, 0.4) is 0 Å². The molecule has 0 bridgehead atoms. The van der Waals surface area contributed by atoms with E-state index in [0.29, 0.717) is 11.8 Å². The fourth-order valence-electron chi connectivity index (χ4n) is 2.14. The normalized spacial score (nSPS) is 11.8. The number of rotatable bonds is 4. The van der Waals surface area contributed by atoms with Gasteiger partial charge in [0.2, 0.25) is 0 Å². The number of carbonyl (C=O) groups is 1. The average molecular weight is 441 g/mol. The fraction of sp³-hybridized carbons (Fsp3) is 0.133. The van der Waals surface area contributed by atoms with Crippen molar-refractivity contribution in [2.24, 2.45) is 0 Å². The van der Waals surface area contributed by atoms with Crippen molar-refractivity contribution in [3.63, 3.8) is 0 Å². The van der Waals surface area contributed by atoms with Crippen molar-refractivity contribution in [2.75, 3.05) is 5.32 Å². The summed E-state index contributed by atoms with van der Waals surface area (Å²) in [5.74, 6) is 0.213. The molecule has 1 aromatic carbocycles. The van der Waals surface area contributed by atoms with E-state index in [4.69, 9.17) is 11.6 Å². The number of urea groups is 1. The van der Waals surface area contributed by atoms with Gasteiger partial charge in [-0.3, -0.25) is 0 Å². The van der Waals surface area contributed by atoms with Gasteiger partial charge in [0.15, 0.2) is 5.82 Å². The van der Waals surface area contributed by atoms with Crippen molar-refractivity contribution in [3.8, 4) is 5.95 Å². The molecule has 3 rings (SSSR count). The Kier molecular flexibility index (Phi) is 5.43. The van der Waals surface area contributed by atoms with Crippen LogP contribution in [0.2, 0.25) is 5.02 Å². The van der Waals surface area contributed by atoms with Gasteiger partial charge in [0.25, 0.3) is 5.95 Å². The van der Waals surface area contributed by atoms with E-state index in [2.05, 4.69) is 46.6 Å². The van der Waals surface area contributed by atoms with E-state index < -0.39 is 17.9 Å². The number of halogens is 3. The predicted octanol–water partition coefficient (Wildman–Crippen LogP) is 3.50. The Bertz CT molecular complexity index is 937. The number of nitrogens with one attached hydrogen (secondary N) is 2. The molecule has 2 amide bonds. The number of nitrogens with zero attached hydrogens (tertiary/aromatic N) is 5. The maximum Gasteiger partial charge on any atom is 0.319 e. The second kappa shape index (κ2) is 7.75. The number of anilines is 1. The van der Waals surface area contributed by atoms with E-state index in [1.54, 1.807) is 25.4 Å². The Morgan fingerprint density at radius 2 is 2.04 bits per heavy atom. The molecular formula is C15H12BrClFN7O. The van der Waals surface area contributed by atoms with Crippen molar-refractivity contribution in [3.05, 3.63) is 58.1 Å². The zero-order valence-electron chi connectivity index (χ0n) is 13.3. The van der Waals surface area contributed by atoms with Gasteiger partial charge in [0.05, 0.1) is 21.2 Å². The third kappa shape index (κ3) is 3.97. The van der Waals surface area contributed by atoms with Crippen LogP contribution in [-0.2, 0) is 0 Å². The highest BCUT2D eigenvalue weighted by molar-refractivity contribution is 9.10. The van der Waals surface area contributed by atoms with Gasteiger partial charge in [-0.05, 0) is 35.0 Å². The summed E-state index contributed by atoms with van der Waals surface area (Å²) in [5, 5.41) is 9.44. The predicted molar refractivity (Wildman–Crippen MR) is 96.6 cm³/mol. The lowest BCUT2D eigenvalue weighted by Crippen LogP contribution is -2.32. The van der Waals surface area contributed by atoms with E-state index >= 15 is 0 Å². The van der Waals surface area contributed by atoms with Gasteiger partial charge in [0.1, 0.15) is 12.1 Å². The highest BCUT2D eigenvalue weighted by atomic mass is 79.9. The van der Waals surface area contributed by atoms with Gasteiger partial charge in [-0.25, -0.2) is 24.1 Å². The van der Waals surface area contributed by atoms with Gasteiger partial charge < -0.3 is 10.6 Å². The highest BCUT2D eigenvalue weighted by Crippen LogP contribution is 2.28. The third-order valence-electron chi connectivity index (χ3n) is 3.31. The largest absolute Gasteiger partial charge is 0.328 e. The topological polar surface area (TPSA) is 97.6 Å². The lowest BCUT2D eigenvalue weighted by atomic mass is 10.3. The van der Waals surface area contributed by atoms with Crippen molar-refractivity contribution in [1.82, 2.24) is 30.0 Å². The molecule has 1 atom stereocenters. The molecule has 3 aromatic rings. The lowest BCUT2D eigenvalue weighted by molar-refractivity contribution is 0.248. The standard InChI is InChI=1S/C15H12BrClFN7O/c1-8(13-21-7-22-25(13)14-19-3-2-4-20-14)23-15(26)24-12-6-11(18)9(16)5-10(12)17/h2-8H,1H3,(H2,23,24,26). The highest BCUT2D eigenvalue weighted by Gasteiger charge is 2.18. The second-order valence-corrected chi connectivity index (χ2v) is 6.41. The summed E-state index contributed by atoms with van der Waals surface area (Å²) in [6, 6.07) is 3.05. The van der Waals surface area contributed by atoms with Crippen LogP contribution < -0.4 is 10.6 Å². The first-order valence-electron chi connectivity index (χ1n) is 7.35. The summed E-state index contributed by atoms with van der Waals surface area (Å²) in [6.45, 7) is 1.72. The number of hydrogen-bond donors (Lipinski definition) is 2. The smallest absolute Gasteiger partial charge is 0.319 e. The Labute approximate surface area is 161 Å². The monoisotopic (exact) mass is 439 g/mol. The van der Waals surface area contributed by atoms with E-state index in [9.17, 15) is 9.18 Å². The molecule has 134 valence electrons. The van der Waals surface area contributed by atoms with Crippen molar-refractivity contribution < 1.29 is 9.18 Å². The average Bonchev–Trinajstić information content (AvgIpc) is 3.10. The van der Waals surface area contributed by atoms with Crippen LogP contribution >= 0.6 is 27.5 Å². The van der Waals surface area contributed by atoms with E-state index in [-0.39, 0.29) is 15.2 Å². The summed E-state index contributed by atoms with van der Waals surface area (Å²) < 4.78 is 15.2. The van der Waals surface area contributed by atoms with Gasteiger partial charge in [-0.15, -0.1) is 0 Å². The summed E-state index contributed by atoms with van der Waals surface area (Å²) in [4.78, 5) is 24.5. The molecule has 2 aromatic heterocycles. The molecule has 1 unspecified atom stereocenters. The molecule has 0 fully saturated rings. The summed E-state index contributed by atoms with van der Waals surface area (Å²) in [5.41, 5.74) is 0.143. The number of carbonyl (C=O) groups excluding carboxylic acids is 1. The third-order valence-corrected chi connectivity index (χ3v) is 4.23. The number of amides is 2. The molecule has 8 nitrogen and oxygen atoms in total. The Hall–Kier alpha value is -2.59. The first-order valence-corrected chi connectivity index (χ1v) is 8.52. The molecule has 0 saturated heterocycles. The van der Waals surface area contributed by atoms with Gasteiger partial charge in [0, 0.05) is 18.5 Å².